The van der Waals surface area contributed by atoms with Crippen LogP contribution in [0.5, 0.6) is 0 Å². The zero-order chi connectivity index (χ0) is 15.0. The van der Waals surface area contributed by atoms with E-state index < -0.39 is 5.97 Å². The Morgan fingerprint density at radius 2 is 2.05 bits per heavy atom. The Labute approximate surface area is 121 Å². The van der Waals surface area contributed by atoms with Crippen LogP contribution in [0.3, 0.4) is 0 Å². The van der Waals surface area contributed by atoms with Gasteiger partial charge < -0.3 is 9.84 Å². The van der Waals surface area contributed by atoms with Crippen molar-refractivity contribution in [3.63, 3.8) is 0 Å². The second kappa shape index (κ2) is 8.72. The number of rotatable bonds is 9. The molecule has 1 aromatic carbocycles. The maximum atomic E-state index is 10.6. The highest BCUT2D eigenvalue weighted by Crippen LogP contribution is 2.12. The van der Waals surface area contributed by atoms with Crippen molar-refractivity contribution in [2.75, 3.05) is 13.7 Å². The van der Waals surface area contributed by atoms with Gasteiger partial charge in [0.1, 0.15) is 0 Å². The second-order valence-corrected chi connectivity index (χ2v) is 5.31. The number of carboxylic acid groups (broad SMARTS) is 1. The van der Waals surface area contributed by atoms with Gasteiger partial charge in [-0.05, 0) is 37.9 Å². The van der Waals surface area contributed by atoms with E-state index >= 15 is 0 Å². The lowest BCUT2D eigenvalue weighted by Crippen LogP contribution is -2.31. The lowest BCUT2D eigenvalue weighted by Gasteiger charge is -2.26. The molecule has 4 heteroatoms. The average Bonchev–Trinajstić information content (AvgIpc) is 2.38. The summed E-state index contributed by atoms with van der Waals surface area (Å²) in [5, 5.41) is 8.72. The molecule has 0 aliphatic rings. The Bertz CT molecular complexity index is 418. The van der Waals surface area contributed by atoms with Crippen LogP contribution in [0.4, 0.5) is 0 Å². The number of hydrogen-bond acceptors (Lipinski definition) is 3. The first kappa shape index (κ1) is 16.7. The Hall–Kier alpha value is -1.39. The van der Waals surface area contributed by atoms with Crippen LogP contribution >= 0.6 is 0 Å². The third-order valence-corrected chi connectivity index (χ3v) is 3.25. The molecule has 0 aromatic heterocycles. The number of carbonyl (C=O) groups is 1. The summed E-state index contributed by atoms with van der Waals surface area (Å²) in [6.07, 6.45) is 0.915. The summed E-state index contributed by atoms with van der Waals surface area (Å²) in [6.45, 7) is 6.54. The van der Waals surface area contributed by atoms with Gasteiger partial charge in [0.15, 0.2) is 0 Å². The molecule has 0 aliphatic carbocycles. The second-order valence-electron chi connectivity index (χ2n) is 5.31. The molecule has 0 saturated heterocycles. The van der Waals surface area contributed by atoms with Crippen LogP contribution < -0.4 is 0 Å². The Kier molecular flexibility index (Phi) is 7.26. The van der Waals surface area contributed by atoms with Crippen molar-refractivity contribution in [2.24, 2.45) is 0 Å². The Morgan fingerprint density at radius 3 is 2.65 bits per heavy atom. The van der Waals surface area contributed by atoms with Crippen molar-refractivity contribution in [1.82, 2.24) is 4.90 Å². The van der Waals surface area contributed by atoms with E-state index in [2.05, 4.69) is 36.9 Å². The quantitative estimate of drug-likeness (QED) is 0.755. The van der Waals surface area contributed by atoms with Crippen LogP contribution in [-0.4, -0.2) is 35.7 Å². The summed E-state index contributed by atoms with van der Waals surface area (Å²) >= 11 is 0. The molecule has 0 atom stereocenters. The number of benzene rings is 1. The van der Waals surface area contributed by atoms with Crippen molar-refractivity contribution in [2.45, 2.75) is 45.9 Å². The molecule has 20 heavy (non-hydrogen) atoms. The molecule has 0 aliphatic heterocycles. The smallest absolute Gasteiger partial charge is 0.303 e. The number of hydrogen-bond donors (Lipinski definition) is 1. The number of methoxy groups -OCH3 is 1. The van der Waals surface area contributed by atoms with Crippen LogP contribution in [0.1, 0.15) is 37.8 Å². The monoisotopic (exact) mass is 279 g/mol. The van der Waals surface area contributed by atoms with Crippen LogP contribution in [-0.2, 0) is 22.7 Å². The molecular weight excluding hydrogens is 254 g/mol. The van der Waals surface area contributed by atoms with Gasteiger partial charge in [-0.25, -0.2) is 0 Å². The van der Waals surface area contributed by atoms with Crippen molar-refractivity contribution in [3.8, 4) is 0 Å². The van der Waals surface area contributed by atoms with E-state index in [1.165, 1.54) is 11.1 Å². The standard InChI is InChI=1S/C16H25NO3/c1-13(2)17(9-5-8-16(18)19)11-14-6-4-7-15(10-14)12-20-3/h4,6-7,10,13H,5,8-9,11-12H2,1-3H3,(H,18,19). The van der Waals surface area contributed by atoms with Crippen LogP contribution in [0.2, 0.25) is 0 Å². The zero-order valence-corrected chi connectivity index (χ0v) is 12.6. The lowest BCUT2D eigenvalue weighted by molar-refractivity contribution is -0.137. The van der Waals surface area contributed by atoms with Crippen molar-refractivity contribution < 1.29 is 14.6 Å². The minimum absolute atomic E-state index is 0.229. The highest BCUT2D eigenvalue weighted by molar-refractivity contribution is 5.66. The van der Waals surface area contributed by atoms with Gasteiger partial charge in [0.05, 0.1) is 6.61 Å². The first-order valence-electron chi connectivity index (χ1n) is 7.05. The molecule has 1 rings (SSSR count). The molecule has 0 saturated carbocycles. The fourth-order valence-corrected chi connectivity index (χ4v) is 2.17. The fraction of sp³-hybridized carbons (Fsp3) is 0.562. The zero-order valence-electron chi connectivity index (χ0n) is 12.6. The van der Waals surface area contributed by atoms with Gasteiger partial charge in [-0.2, -0.15) is 0 Å². The predicted molar refractivity (Wildman–Crippen MR) is 79.6 cm³/mol. The molecule has 4 nitrogen and oxygen atoms in total. The normalized spacial score (nSPS) is 11.2. The van der Waals surface area contributed by atoms with E-state index in [0.717, 1.165) is 13.1 Å². The fourth-order valence-electron chi connectivity index (χ4n) is 2.17. The minimum atomic E-state index is -0.726. The van der Waals surface area contributed by atoms with Gasteiger partial charge in [-0.1, -0.05) is 24.3 Å². The third-order valence-electron chi connectivity index (χ3n) is 3.25. The average molecular weight is 279 g/mol. The van der Waals surface area contributed by atoms with Gasteiger partial charge in [0.2, 0.25) is 0 Å². The third kappa shape index (κ3) is 6.17. The molecule has 1 aromatic rings. The van der Waals surface area contributed by atoms with E-state index in [1.54, 1.807) is 7.11 Å². The van der Waals surface area contributed by atoms with Gasteiger partial charge in [0, 0.05) is 26.1 Å². The predicted octanol–water partition coefficient (Wildman–Crippen LogP) is 2.91. The van der Waals surface area contributed by atoms with Gasteiger partial charge in [-0.3, -0.25) is 9.69 Å². The minimum Gasteiger partial charge on any atom is -0.481 e. The molecule has 0 unspecified atom stereocenters. The summed E-state index contributed by atoms with van der Waals surface area (Å²) in [5.74, 6) is -0.726. The molecule has 0 heterocycles. The van der Waals surface area contributed by atoms with Crippen molar-refractivity contribution in [3.05, 3.63) is 35.4 Å². The summed E-state index contributed by atoms with van der Waals surface area (Å²) in [7, 11) is 1.69. The van der Waals surface area contributed by atoms with Gasteiger partial charge in [0.25, 0.3) is 0 Å². The number of ether oxygens (including phenoxy) is 1. The Morgan fingerprint density at radius 1 is 1.35 bits per heavy atom. The summed E-state index contributed by atoms with van der Waals surface area (Å²) in [6, 6.07) is 8.74. The van der Waals surface area contributed by atoms with Crippen LogP contribution in [0.15, 0.2) is 24.3 Å². The maximum Gasteiger partial charge on any atom is 0.303 e. The number of aliphatic carboxylic acids is 1. The largest absolute Gasteiger partial charge is 0.481 e. The summed E-state index contributed by atoms with van der Waals surface area (Å²) in [4.78, 5) is 12.9. The summed E-state index contributed by atoms with van der Waals surface area (Å²) in [5.41, 5.74) is 2.41. The molecular formula is C16H25NO3. The molecule has 0 spiro atoms. The van der Waals surface area contributed by atoms with Gasteiger partial charge in [-0.15, -0.1) is 0 Å². The highest BCUT2D eigenvalue weighted by Gasteiger charge is 2.11. The molecule has 0 radical (unpaired) electrons. The van der Waals surface area contributed by atoms with Crippen LogP contribution in [0, 0.1) is 0 Å². The van der Waals surface area contributed by atoms with E-state index in [0.29, 0.717) is 19.1 Å². The number of carboxylic acids is 1. The molecule has 112 valence electrons. The number of nitrogens with zero attached hydrogens (tertiary/aromatic N) is 1. The van der Waals surface area contributed by atoms with Gasteiger partial charge >= 0.3 is 5.97 Å². The first-order chi connectivity index (χ1) is 9.52. The van der Waals surface area contributed by atoms with E-state index in [1.807, 2.05) is 6.07 Å². The highest BCUT2D eigenvalue weighted by atomic mass is 16.5. The van der Waals surface area contributed by atoms with Crippen molar-refractivity contribution in [1.29, 1.82) is 0 Å². The first-order valence-corrected chi connectivity index (χ1v) is 7.05. The lowest BCUT2D eigenvalue weighted by atomic mass is 10.1. The SMILES string of the molecule is COCc1cccc(CN(CCCC(=O)O)C(C)C)c1. The maximum absolute atomic E-state index is 10.6. The molecule has 0 amide bonds. The topological polar surface area (TPSA) is 49.8 Å². The molecule has 0 bridgehead atoms. The molecule has 0 fully saturated rings. The van der Waals surface area contributed by atoms with Crippen LogP contribution in [0.25, 0.3) is 0 Å². The van der Waals surface area contributed by atoms with E-state index in [4.69, 9.17) is 9.84 Å². The Balaban J connectivity index is 2.60. The summed E-state index contributed by atoms with van der Waals surface area (Å²) < 4.78 is 5.15. The van der Waals surface area contributed by atoms with E-state index in [9.17, 15) is 4.79 Å². The van der Waals surface area contributed by atoms with Crippen molar-refractivity contribution >= 4 is 5.97 Å². The van der Waals surface area contributed by atoms with E-state index in [-0.39, 0.29) is 6.42 Å². The molecule has 1 N–H and O–H groups in total.